The second-order valence-electron chi connectivity index (χ2n) is 8.47. The Morgan fingerprint density at radius 1 is 1.36 bits per heavy atom. The number of likely N-dealkylation sites (N-methyl/N-ethyl adjacent to an activating group) is 1. The Bertz CT molecular complexity index is 1240. The number of nitrogens with one attached hydrogen (secondary N) is 2. The van der Waals surface area contributed by atoms with Crippen molar-refractivity contribution in [2.24, 2.45) is 0 Å². The molecule has 0 atom stereocenters. The summed E-state index contributed by atoms with van der Waals surface area (Å²) in [6.07, 6.45) is 7.38. The van der Waals surface area contributed by atoms with E-state index in [0.717, 1.165) is 39.8 Å². The summed E-state index contributed by atoms with van der Waals surface area (Å²) in [5, 5.41) is 11.1. The van der Waals surface area contributed by atoms with E-state index in [9.17, 15) is 4.79 Å². The number of H-pyrrole nitrogens is 1. The minimum absolute atomic E-state index is 0.272. The van der Waals surface area contributed by atoms with E-state index in [0.29, 0.717) is 19.0 Å². The van der Waals surface area contributed by atoms with Crippen LogP contribution in [-0.4, -0.2) is 58.5 Å². The first-order valence-corrected chi connectivity index (χ1v) is 11.5. The summed E-state index contributed by atoms with van der Waals surface area (Å²) in [6, 6.07) is 2.02. The van der Waals surface area contributed by atoms with Crippen LogP contribution in [0.1, 0.15) is 39.1 Å². The zero-order chi connectivity index (χ0) is 23.6. The van der Waals surface area contributed by atoms with Gasteiger partial charge in [0, 0.05) is 37.0 Å². The quantitative estimate of drug-likeness (QED) is 0.357. The maximum atomic E-state index is 11.2. The van der Waals surface area contributed by atoms with Gasteiger partial charge in [-0.3, -0.25) is 19.2 Å². The number of nitrogens with zero attached hydrogens (tertiary/aromatic N) is 6. The number of aryl methyl sites for hydroxylation is 1. The van der Waals surface area contributed by atoms with Crippen molar-refractivity contribution < 1.29 is 9.53 Å². The predicted molar refractivity (Wildman–Crippen MR) is 127 cm³/mol. The lowest BCUT2D eigenvalue weighted by Gasteiger charge is -2.36. The molecule has 0 fully saturated rings. The molecule has 33 heavy (non-hydrogen) atoms. The fourth-order valence-electron chi connectivity index (χ4n) is 3.68. The normalized spacial score (nSPS) is 11.9. The molecular formula is C22H28N8O2S. The maximum Gasteiger partial charge on any atom is 0.302 e. The summed E-state index contributed by atoms with van der Waals surface area (Å²) in [5.74, 6) is 0.397. The van der Waals surface area contributed by atoms with Crippen molar-refractivity contribution in [2.75, 3.05) is 18.5 Å². The highest BCUT2D eigenvalue weighted by molar-refractivity contribution is 7.10. The molecule has 0 radical (unpaired) electrons. The van der Waals surface area contributed by atoms with Gasteiger partial charge in [0.1, 0.15) is 11.6 Å². The fraction of sp³-hybridized carbons (Fsp3) is 0.409. The van der Waals surface area contributed by atoms with Crippen molar-refractivity contribution in [3.05, 3.63) is 42.2 Å². The molecule has 0 amide bonds. The molecule has 0 saturated carbocycles. The van der Waals surface area contributed by atoms with Crippen LogP contribution < -0.4 is 5.32 Å². The molecule has 0 aliphatic heterocycles. The lowest BCUT2D eigenvalue weighted by Crippen LogP contribution is -2.47. The average Bonchev–Trinajstić information content (AvgIpc) is 3.51. The Morgan fingerprint density at radius 2 is 2.18 bits per heavy atom. The molecule has 2 N–H and O–H groups in total. The third-order valence-electron chi connectivity index (χ3n) is 5.43. The van der Waals surface area contributed by atoms with Crippen LogP contribution in [0.15, 0.2) is 30.9 Å². The van der Waals surface area contributed by atoms with Gasteiger partial charge in [-0.1, -0.05) is 6.92 Å². The number of imidazole rings is 1. The number of fused-ring (bicyclic) bond motifs is 1. The highest BCUT2D eigenvalue weighted by Crippen LogP contribution is 2.28. The second-order valence-corrected chi connectivity index (χ2v) is 9.27. The van der Waals surface area contributed by atoms with E-state index in [-0.39, 0.29) is 11.5 Å². The number of ether oxygens (including phenoxy) is 1. The molecule has 4 aromatic heterocycles. The summed E-state index contributed by atoms with van der Waals surface area (Å²) in [5.41, 5.74) is 4.11. The van der Waals surface area contributed by atoms with Gasteiger partial charge in [-0.2, -0.15) is 9.47 Å². The van der Waals surface area contributed by atoms with E-state index in [1.807, 2.05) is 36.0 Å². The van der Waals surface area contributed by atoms with Crippen LogP contribution >= 0.6 is 11.5 Å². The third-order valence-corrected chi connectivity index (χ3v) is 6.17. The SMILES string of the molecule is CCN(Cc1cc(Nc2nc(C)cn3c(-c4cn[nH]c4)cnc23)sn1)C(C)(C)COC(C)=O. The maximum absolute atomic E-state index is 11.2. The van der Waals surface area contributed by atoms with Gasteiger partial charge in [0.2, 0.25) is 0 Å². The zero-order valence-corrected chi connectivity index (χ0v) is 20.2. The first-order valence-electron chi connectivity index (χ1n) is 10.7. The van der Waals surface area contributed by atoms with Crippen LogP contribution in [0.2, 0.25) is 0 Å². The lowest BCUT2D eigenvalue weighted by molar-refractivity contribution is -0.145. The van der Waals surface area contributed by atoms with Crippen molar-refractivity contribution in [2.45, 2.75) is 46.7 Å². The molecule has 0 aliphatic carbocycles. The predicted octanol–water partition coefficient (Wildman–Crippen LogP) is 3.79. The molecule has 0 bridgehead atoms. The van der Waals surface area contributed by atoms with E-state index in [1.165, 1.54) is 18.5 Å². The van der Waals surface area contributed by atoms with E-state index in [4.69, 9.17) is 4.74 Å². The summed E-state index contributed by atoms with van der Waals surface area (Å²) in [4.78, 5) is 22.7. The van der Waals surface area contributed by atoms with Crippen molar-refractivity contribution in [1.82, 2.24) is 33.8 Å². The molecule has 0 aliphatic rings. The number of aromatic nitrogens is 6. The number of hydrogen-bond acceptors (Lipinski definition) is 9. The van der Waals surface area contributed by atoms with Gasteiger partial charge in [0.15, 0.2) is 11.5 Å². The Kier molecular flexibility index (Phi) is 6.43. The Hall–Kier alpha value is -3.31. The van der Waals surface area contributed by atoms with E-state index < -0.39 is 0 Å². The van der Waals surface area contributed by atoms with E-state index in [2.05, 4.69) is 55.5 Å². The van der Waals surface area contributed by atoms with E-state index >= 15 is 0 Å². The highest BCUT2D eigenvalue weighted by atomic mass is 32.1. The summed E-state index contributed by atoms with van der Waals surface area (Å²) in [6.45, 7) is 11.4. The molecule has 0 aromatic carbocycles. The number of hydrogen-bond donors (Lipinski definition) is 2. The molecule has 10 nitrogen and oxygen atoms in total. The molecule has 0 spiro atoms. The van der Waals surface area contributed by atoms with Crippen molar-refractivity contribution in [3.63, 3.8) is 0 Å². The first-order chi connectivity index (χ1) is 15.8. The van der Waals surface area contributed by atoms with Crippen LogP contribution in [0.5, 0.6) is 0 Å². The molecule has 0 unspecified atom stereocenters. The van der Waals surface area contributed by atoms with Crippen LogP contribution in [0, 0.1) is 6.92 Å². The molecule has 4 heterocycles. The number of aromatic amines is 1. The molecule has 0 saturated heterocycles. The number of rotatable bonds is 9. The summed E-state index contributed by atoms with van der Waals surface area (Å²) >= 11 is 1.38. The van der Waals surface area contributed by atoms with Crippen LogP contribution in [0.25, 0.3) is 16.9 Å². The zero-order valence-electron chi connectivity index (χ0n) is 19.4. The van der Waals surface area contributed by atoms with Crippen molar-refractivity contribution in [3.8, 4) is 11.3 Å². The van der Waals surface area contributed by atoms with Gasteiger partial charge in [-0.25, -0.2) is 9.97 Å². The van der Waals surface area contributed by atoms with Gasteiger partial charge in [-0.05, 0) is 44.9 Å². The monoisotopic (exact) mass is 468 g/mol. The van der Waals surface area contributed by atoms with Gasteiger partial charge in [0.05, 0.1) is 29.5 Å². The smallest absolute Gasteiger partial charge is 0.302 e. The van der Waals surface area contributed by atoms with Crippen molar-refractivity contribution in [1.29, 1.82) is 0 Å². The Labute approximate surface area is 196 Å². The Balaban J connectivity index is 1.53. The van der Waals surface area contributed by atoms with Crippen LogP contribution in [-0.2, 0) is 16.1 Å². The largest absolute Gasteiger partial charge is 0.464 e. The lowest BCUT2D eigenvalue weighted by atomic mass is 10.0. The highest BCUT2D eigenvalue weighted by Gasteiger charge is 2.28. The molecule has 4 aromatic rings. The topological polar surface area (TPSA) is 113 Å². The molecule has 11 heteroatoms. The number of anilines is 2. The van der Waals surface area contributed by atoms with Gasteiger partial charge >= 0.3 is 5.97 Å². The number of esters is 1. The number of carbonyl (C=O) groups excluding carboxylic acids is 1. The fourth-order valence-corrected chi connectivity index (χ4v) is 4.34. The summed E-state index contributed by atoms with van der Waals surface area (Å²) in [7, 11) is 0. The minimum atomic E-state index is -0.304. The standard InChI is InChI=1S/C22H28N8O2S/c1-6-29(22(4,5)13-32-15(3)31)12-17-7-19(33-28-17)27-20-21-23-10-18(16-8-24-25-9-16)30(21)11-14(2)26-20/h7-11H,6,12-13H2,1-5H3,(H,24,25)(H,26,27). The van der Waals surface area contributed by atoms with Crippen molar-refractivity contribution >= 4 is 34.0 Å². The van der Waals surface area contributed by atoms with E-state index in [1.54, 1.807) is 6.20 Å². The average molecular weight is 469 g/mol. The van der Waals surface area contributed by atoms with Crippen LogP contribution in [0.3, 0.4) is 0 Å². The second kappa shape index (κ2) is 9.28. The Morgan fingerprint density at radius 3 is 2.88 bits per heavy atom. The summed E-state index contributed by atoms with van der Waals surface area (Å²) < 4.78 is 11.9. The first kappa shape index (κ1) is 22.9. The number of carbonyl (C=O) groups is 1. The third kappa shape index (κ3) is 5.04. The molecule has 174 valence electrons. The van der Waals surface area contributed by atoms with Gasteiger partial charge < -0.3 is 10.1 Å². The van der Waals surface area contributed by atoms with Gasteiger partial charge in [-0.15, -0.1) is 0 Å². The molecular weight excluding hydrogens is 440 g/mol. The van der Waals surface area contributed by atoms with Crippen LogP contribution in [0.4, 0.5) is 10.8 Å². The van der Waals surface area contributed by atoms with Gasteiger partial charge in [0.25, 0.3) is 0 Å². The minimum Gasteiger partial charge on any atom is -0.464 e. The molecule has 4 rings (SSSR count).